The second kappa shape index (κ2) is 8.35. The van der Waals surface area contributed by atoms with E-state index in [1.54, 1.807) is 6.92 Å². The molecule has 1 aromatic rings. The molecule has 1 atom stereocenters. The van der Waals surface area contributed by atoms with Crippen LogP contribution in [-0.2, 0) is 4.74 Å². The second-order valence-corrected chi connectivity index (χ2v) is 4.66. The number of nitrogens with zero attached hydrogens (tertiary/aromatic N) is 3. The number of nitrogens with one attached hydrogen (secondary N) is 2. The van der Waals surface area contributed by atoms with Crippen LogP contribution in [0, 0.1) is 17.0 Å². The summed E-state index contributed by atoms with van der Waals surface area (Å²) >= 11 is 0. The third-order valence-corrected chi connectivity index (χ3v) is 2.78. The molecule has 1 rings (SSSR count). The van der Waals surface area contributed by atoms with Gasteiger partial charge >= 0.3 is 5.69 Å². The maximum Gasteiger partial charge on any atom is 0.332 e. The normalized spacial score (nSPS) is 12.0. The van der Waals surface area contributed by atoms with Crippen LogP contribution in [0.25, 0.3) is 0 Å². The summed E-state index contributed by atoms with van der Waals surface area (Å²) in [6.07, 6.45) is 0.862. The predicted molar refractivity (Wildman–Crippen MR) is 81.8 cm³/mol. The molecule has 0 aromatic carbocycles. The Labute approximate surface area is 124 Å². The van der Waals surface area contributed by atoms with Gasteiger partial charge in [0.2, 0.25) is 11.8 Å². The summed E-state index contributed by atoms with van der Waals surface area (Å²) < 4.78 is 5.40. The highest BCUT2D eigenvalue weighted by Crippen LogP contribution is 2.26. The van der Waals surface area contributed by atoms with Gasteiger partial charge in [-0.15, -0.1) is 0 Å². The van der Waals surface area contributed by atoms with Gasteiger partial charge in [-0.05, 0) is 27.2 Å². The summed E-state index contributed by atoms with van der Waals surface area (Å²) in [6, 6.07) is 0. The zero-order valence-electron chi connectivity index (χ0n) is 13.0. The SMILES string of the molecule is CCCNc1nc(C)c([N+](=O)[O-])c(NCC(C)OCC)n1. The summed E-state index contributed by atoms with van der Waals surface area (Å²) in [4.78, 5) is 19.0. The van der Waals surface area contributed by atoms with Crippen LogP contribution < -0.4 is 10.6 Å². The molecule has 0 spiro atoms. The van der Waals surface area contributed by atoms with E-state index in [0.717, 1.165) is 6.42 Å². The number of aromatic nitrogens is 2. The first-order chi connectivity index (χ1) is 9.99. The van der Waals surface area contributed by atoms with Crippen LogP contribution in [0.4, 0.5) is 17.5 Å². The minimum atomic E-state index is -0.466. The Morgan fingerprint density at radius 3 is 2.62 bits per heavy atom. The van der Waals surface area contributed by atoms with Gasteiger partial charge in [0.15, 0.2) is 0 Å². The lowest BCUT2D eigenvalue weighted by Gasteiger charge is -2.14. The van der Waals surface area contributed by atoms with Crippen LogP contribution in [0.2, 0.25) is 0 Å². The summed E-state index contributed by atoms with van der Waals surface area (Å²) in [6.45, 7) is 9.18. The summed E-state index contributed by atoms with van der Waals surface area (Å²) in [7, 11) is 0. The molecule has 2 N–H and O–H groups in total. The van der Waals surface area contributed by atoms with E-state index in [0.29, 0.717) is 31.3 Å². The number of anilines is 2. The van der Waals surface area contributed by atoms with Crippen LogP contribution in [0.5, 0.6) is 0 Å². The first-order valence-corrected chi connectivity index (χ1v) is 7.11. The van der Waals surface area contributed by atoms with Gasteiger partial charge in [0.25, 0.3) is 0 Å². The number of ether oxygens (including phenoxy) is 1. The Morgan fingerprint density at radius 1 is 1.33 bits per heavy atom. The van der Waals surface area contributed by atoms with Gasteiger partial charge in [-0.2, -0.15) is 4.98 Å². The highest BCUT2D eigenvalue weighted by Gasteiger charge is 2.22. The third kappa shape index (κ3) is 5.14. The molecule has 1 unspecified atom stereocenters. The molecule has 1 aromatic heterocycles. The molecule has 0 fully saturated rings. The predicted octanol–water partition coefficient (Wildman–Crippen LogP) is 2.35. The Morgan fingerprint density at radius 2 is 2.05 bits per heavy atom. The van der Waals surface area contributed by atoms with Gasteiger partial charge in [-0.3, -0.25) is 10.1 Å². The highest BCUT2D eigenvalue weighted by atomic mass is 16.6. The topological polar surface area (TPSA) is 102 Å². The fraction of sp³-hybridized carbons (Fsp3) is 0.692. The van der Waals surface area contributed by atoms with Crippen molar-refractivity contribution in [3.63, 3.8) is 0 Å². The molecule has 0 bridgehead atoms. The fourth-order valence-corrected chi connectivity index (χ4v) is 1.81. The van der Waals surface area contributed by atoms with Crippen molar-refractivity contribution in [2.45, 2.75) is 40.2 Å². The summed E-state index contributed by atoms with van der Waals surface area (Å²) in [5.41, 5.74) is 0.237. The molecule has 0 radical (unpaired) electrons. The van der Waals surface area contributed by atoms with Crippen LogP contribution in [0.1, 0.15) is 32.9 Å². The van der Waals surface area contributed by atoms with E-state index in [4.69, 9.17) is 4.74 Å². The molecule has 0 aliphatic carbocycles. The van der Waals surface area contributed by atoms with E-state index < -0.39 is 4.92 Å². The highest BCUT2D eigenvalue weighted by molar-refractivity contribution is 5.60. The number of rotatable bonds is 9. The van der Waals surface area contributed by atoms with Crippen molar-refractivity contribution < 1.29 is 9.66 Å². The molecule has 118 valence electrons. The van der Waals surface area contributed by atoms with Gasteiger partial charge in [-0.25, -0.2) is 4.98 Å². The quantitative estimate of drug-likeness (QED) is 0.532. The maximum atomic E-state index is 11.2. The van der Waals surface area contributed by atoms with E-state index in [1.807, 2.05) is 20.8 Å². The zero-order chi connectivity index (χ0) is 15.8. The lowest BCUT2D eigenvalue weighted by molar-refractivity contribution is -0.385. The number of hydrogen-bond acceptors (Lipinski definition) is 7. The standard InChI is InChI=1S/C13H23N5O3/c1-5-7-14-13-16-10(4)11(18(19)20)12(17-13)15-8-9(3)21-6-2/h9H,5-8H2,1-4H3,(H2,14,15,16,17). The van der Waals surface area contributed by atoms with E-state index in [2.05, 4.69) is 20.6 Å². The number of hydrogen-bond donors (Lipinski definition) is 2. The molecule has 8 heteroatoms. The second-order valence-electron chi connectivity index (χ2n) is 4.66. The zero-order valence-corrected chi connectivity index (χ0v) is 13.0. The van der Waals surface area contributed by atoms with Gasteiger partial charge in [-0.1, -0.05) is 6.92 Å². The third-order valence-electron chi connectivity index (χ3n) is 2.78. The van der Waals surface area contributed by atoms with E-state index in [-0.39, 0.29) is 17.6 Å². The Hall–Kier alpha value is -1.96. The van der Waals surface area contributed by atoms with Crippen molar-refractivity contribution in [3.05, 3.63) is 15.8 Å². The van der Waals surface area contributed by atoms with Crippen LogP contribution in [0.15, 0.2) is 0 Å². The molecule has 1 heterocycles. The largest absolute Gasteiger partial charge is 0.377 e. The Bertz CT molecular complexity index is 481. The van der Waals surface area contributed by atoms with Crippen molar-refractivity contribution in [1.82, 2.24) is 9.97 Å². The van der Waals surface area contributed by atoms with Gasteiger partial charge < -0.3 is 15.4 Å². The first kappa shape index (κ1) is 17.1. The molecular formula is C13H23N5O3. The summed E-state index contributed by atoms with van der Waals surface area (Å²) in [5, 5.41) is 17.2. The molecule has 21 heavy (non-hydrogen) atoms. The number of aryl methyl sites for hydroxylation is 1. The Kier molecular flexibility index (Phi) is 6.80. The Balaban J connectivity index is 2.95. The van der Waals surface area contributed by atoms with Gasteiger partial charge in [0.05, 0.1) is 11.0 Å². The van der Waals surface area contributed by atoms with Crippen molar-refractivity contribution in [2.75, 3.05) is 30.3 Å². The molecule has 8 nitrogen and oxygen atoms in total. The maximum absolute atomic E-state index is 11.2. The van der Waals surface area contributed by atoms with Crippen molar-refractivity contribution in [2.24, 2.45) is 0 Å². The number of nitro groups is 1. The van der Waals surface area contributed by atoms with Crippen molar-refractivity contribution in [1.29, 1.82) is 0 Å². The lowest BCUT2D eigenvalue weighted by atomic mass is 10.3. The van der Waals surface area contributed by atoms with E-state index >= 15 is 0 Å². The molecule has 0 aliphatic rings. The average Bonchev–Trinajstić information content (AvgIpc) is 2.42. The minimum absolute atomic E-state index is 0.0584. The summed E-state index contributed by atoms with van der Waals surface area (Å²) in [5.74, 6) is 0.615. The van der Waals surface area contributed by atoms with E-state index in [9.17, 15) is 10.1 Å². The van der Waals surface area contributed by atoms with Crippen LogP contribution in [0.3, 0.4) is 0 Å². The lowest BCUT2D eigenvalue weighted by Crippen LogP contribution is -2.21. The first-order valence-electron chi connectivity index (χ1n) is 7.11. The van der Waals surface area contributed by atoms with Gasteiger partial charge in [0.1, 0.15) is 5.69 Å². The fourth-order valence-electron chi connectivity index (χ4n) is 1.81. The van der Waals surface area contributed by atoms with E-state index in [1.165, 1.54) is 0 Å². The van der Waals surface area contributed by atoms with Crippen LogP contribution >= 0.6 is 0 Å². The minimum Gasteiger partial charge on any atom is -0.377 e. The molecule has 0 aliphatic heterocycles. The average molecular weight is 297 g/mol. The molecule has 0 amide bonds. The van der Waals surface area contributed by atoms with Crippen molar-refractivity contribution >= 4 is 17.5 Å². The monoisotopic (exact) mass is 297 g/mol. The molecule has 0 saturated heterocycles. The molecular weight excluding hydrogens is 274 g/mol. The smallest absolute Gasteiger partial charge is 0.332 e. The van der Waals surface area contributed by atoms with Crippen LogP contribution in [-0.4, -0.2) is 40.7 Å². The van der Waals surface area contributed by atoms with Gasteiger partial charge in [0, 0.05) is 19.7 Å². The molecule has 0 saturated carbocycles. The van der Waals surface area contributed by atoms with Crippen molar-refractivity contribution in [3.8, 4) is 0 Å².